The van der Waals surface area contributed by atoms with Crippen LogP contribution in [0.2, 0.25) is 0 Å². The maximum Gasteiger partial charge on any atom is -0.0326 e. The molecule has 94 valence electrons. The van der Waals surface area contributed by atoms with Crippen LogP contribution < -0.4 is 0 Å². The van der Waals surface area contributed by atoms with Gasteiger partial charge in [-0.1, -0.05) is 52.4 Å². The van der Waals surface area contributed by atoms with Crippen molar-refractivity contribution in [3.05, 3.63) is 0 Å². The van der Waals surface area contributed by atoms with Gasteiger partial charge in [0.15, 0.2) is 0 Å². The molecule has 0 aromatic rings. The molecule has 2 fully saturated rings. The minimum atomic E-state index is 0.708. The highest BCUT2D eigenvalue weighted by Crippen LogP contribution is 2.46. The Balaban J connectivity index is 1.79. The highest BCUT2D eigenvalue weighted by molar-refractivity contribution is 4.85. The third-order valence-corrected chi connectivity index (χ3v) is 5.41. The molecule has 2 aliphatic rings. The maximum atomic E-state index is 2.54. The smallest absolute Gasteiger partial charge is 0.0326 e. The molecule has 2 saturated carbocycles. The fourth-order valence-electron chi connectivity index (χ4n) is 4.27. The summed E-state index contributed by atoms with van der Waals surface area (Å²) in [4.78, 5) is 0. The summed E-state index contributed by atoms with van der Waals surface area (Å²) in [6.07, 6.45) is 16.6. The molecule has 0 heterocycles. The standard InChI is InChI=1S/C16H30/c1-3-11-16(2)12-9-15(10-13-16)14-7-5-4-6-8-14/h14-15H,3-13H2,1-2H3/t15-,16-. The van der Waals surface area contributed by atoms with Gasteiger partial charge in [-0.3, -0.25) is 0 Å². The first-order chi connectivity index (χ1) is 7.73. The summed E-state index contributed by atoms with van der Waals surface area (Å²) in [6.45, 7) is 4.88. The van der Waals surface area contributed by atoms with Gasteiger partial charge in [0.2, 0.25) is 0 Å². The van der Waals surface area contributed by atoms with Gasteiger partial charge in [-0.2, -0.15) is 0 Å². The molecule has 16 heavy (non-hydrogen) atoms. The van der Waals surface area contributed by atoms with E-state index in [1.54, 1.807) is 25.7 Å². The Morgan fingerprint density at radius 3 is 2.00 bits per heavy atom. The summed E-state index contributed by atoms with van der Waals surface area (Å²) < 4.78 is 0. The SMILES string of the molecule is CCC[C@]1(C)CC[C@@H](C2CCCCC2)CC1. The predicted molar refractivity (Wildman–Crippen MR) is 71.5 cm³/mol. The van der Waals surface area contributed by atoms with E-state index in [4.69, 9.17) is 0 Å². The molecule has 0 atom stereocenters. The lowest BCUT2D eigenvalue weighted by Crippen LogP contribution is -2.29. The second kappa shape index (κ2) is 5.56. The molecule has 0 heteroatoms. The van der Waals surface area contributed by atoms with Crippen molar-refractivity contribution in [1.82, 2.24) is 0 Å². The van der Waals surface area contributed by atoms with Crippen molar-refractivity contribution < 1.29 is 0 Å². The number of hydrogen-bond donors (Lipinski definition) is 0. The molecule has 2 rings (SSSR count). The highest BCUT2D eigenvalue weighted by Gasteiger charge is 2.33. The van der Waals surface area contributed by atoms with Gasteiger partial charge in [0.1, 0.15) is 0 Å². The predicted octanol–water partition coefficient (Wildman–Crippen LogP) is 5.56. The molecule has 0 radical (unpaired) electrons. The van der Waals surface area contributed by atoms with Gasteiger partial charge in [-0.05, 0) is 49.4 Å². The van der Waals surface area contributed by atoms with Gasteiger partial charge in [-0.25, -0.2) is 0 Å². The second-order valence-corrected chi connectivity index (χ2v) is 6.80. The highest BCUT2D eigenvalue weighted by atomic mass is 14.4. The molecule has 0 nitrogen and oxygen atoms in total. The Morgan fingerprint density at radius 1 is 0.875 bits per heavy atom. The lowest BCUT2D eigenvalue weighted by atomic mass is 9.65. The van der Waals surface area contributed by atoms with Crippen molar-refractivity contribution in [2.75, 3.05) is 0 Å². The Bertz CT molecular complexity index is 192. The molecular formula is C16H30. The lowest BCUT2D eigenvalue weighted by molar-refractivity contribution is 0.107. The van der Waals surface area contributed by atoms with E-state index in [1.807, 2.05) is 0 Å². The van der Waals surface area contributed by atoms with Gasteiger partial charge in [-0.15, -0.1) is 0 Å². The zero-order valence-corrected chi connectivity index (χ0v) is 11.4. The van der Waals surface area contributed by atoms with E-state index in [1.165, 1.54) is 44.9 Å². The summed E-state index contributed by atoms with van der Waals surface area (Å²) in [5, 5.41) is 0. The first kappa shape index (κ1) is 12.5. The van der Waals surface area contributed by atoms with Crippen molar-refractivity contribution in [2.45, 2.75) is 84.5 Å². The van der Waals surface area contributed by atoms with E-state index in [2.05, 4.69) is 13.8 Å². The maximum absolute atomic E-state index is 2.54. The third kappa shape index (κ3) is 3.02. The van der Waals surface area contributed by atoms with Crippen LogP contribution in [0.25, 0.3) is 0 Å². The molecule has 0 aromatic carbocycles. The molecule has 0 saturated heterocycles. The van der Waals surface area contributed by atoms with E-state index in [9.17, 15) is 0 Å². The largest absolute Gasteiger partial charge is 0.0654 e. The molecule has 0 spiro atoms. The zero-order valence-electron chi connectivity index (χ0n) is 11.4. The van der Waals surface area contributed by atoms with Crippen LogP contribution >= 0.6 is 0 Å². The van der Waals surface area contributed by atoms with Crippen LogP contribution in [0.5, 0.6) is 0 Å². The minimum absolute atomic E-state index is 0.708. The van der Waals surface area contributed by atoms with Gasteiger partial charge in [0, 0.05) is 0 Å². The van der Waals surface area contributed by atoms with Crippen LogP contribution in [-0.4, -0.2) is 0 Å². The first-order valence-electron chi connectivity index (χ1n) is 7.73. The minimum Gasteiger partial charge on any atom is -0.0654 e. The Morgan fingerprint density at radius 2 is 1.44 bits per heavy atom. The molecule has 2 aliphatic carbocycles. The first-order valence-corrected chi connectivity index (χ1v) is 7.73. The van der Waals surface area contributed by atoms with Gasteiger partial charge in [0.25, 0.3) is 0 Å². The average Bonchev–Trinajstić information content (AvgIpc) is 2.31. The van der Waals surface area contributed by atoms with Crippen LogP contribution in [0, 0.1) is 17.3 Å². The quantitative estimate of drug-likeness (QED) is 0.586. The fourth-order valence-corrected chi connectivity index (χ4v) is 4.27. The van der Waals surface area contributed by atoms with Crippen LogP contribution in [0.4, 0.5) is 0 Å². The van der Waals surface area contributed by atoms with Crippen molar-refractivity contribution in [2.24, 2.45) is 17.3 Å². The molecule has 0 aliphatic heterocycles. The van der Waals surface area contributed by atoms with E-state index in [0.717, 1.165) is 11.8 Å². The Hall–Kier alpha value is 0. The van der Waals surface area contributed by atoms with Gasteiger partial charge < -0.3 is 0 Å². The van der Waals surface area contributed by atoms with E-state index < -0.39 is 0 Å². The zero-order chi connectivity index (χ0) is 11.4. The summed E-state index contributed by atoms with van der Waals surface area (Å²) in [7, 11) is 0. The molecule has 0 aromatic heterocycles. The average molecular weight is 222 g/mol. The molecule has 0 bridgehead atoms. The van der Waals surface area contributed by atoms with Gasteiger partial charge >= 0.3 is 0 Å². The summed E-state index contributed by atoms with van der Waals surface area (Å²) in [5.74, 6) is 2.21. The van der Waals surface area contributed by atoms with Crippen molar-refractivity contribution in [1.29, 1.82) is 0 Å². The number of rotatable bonds is 3. The molecule has 0 N–H and O–H groups in total. The van der Waals surface area contributed by atoms with E-state index in [-0.39, 0.29) is 0 Å². The fraction of sp³-hybridized carbons (Fsp3) is 1.00. The van der Waals surface area contributed by atoms with Crippen LogP contribution in [-0.2, 0) is 0 Å². The molecule has 0 amide bonds. The van der Waals surface area contributed by atoms with Crippen molar-refractivity contribution in [3.63, 3.8) is 0 Å². The lowest BCUT2D eigenvalue weighted by Gasteiger charge is -2.41. The van der Waals surface area contributed by atoms with E-state index >= 15 is 0 Å². The normalized spacial score (nSPS) is 37.5. The van der Waals surface area contributed by atoms with E-state index in [0.29, 0.717) is 5.41 Å². The van der Waals surface area contributed by atoms with Crippen LogP contribution in [0.15, 0.2) is 0 Å². The summed E-state index contributed by atoms with van der Waals surface area (Å²) >= 11 is 0. The Kier molecular flexibility index (Phi) is 4.33. The Labute approximate surface area is 102 Å². The molecule has 0 unspecified atom stereocenters. The topological polar surface area (TPSA) is 0 Å². The summed E-state index contributed by atoms with van der Waals surface area (Å²) in [6, 6.07) is 0. The van der Waals surface area contributed by atoms with Crippen molar-refractivity contribution in [3.8, 4) is 0 Å². The number of hydrogen-bond acceptors (Lipinski definition) is 0. The van der Waals surface area contributed by atoms with Crippen LogP contribution in [0.1, 0.15) is 84.5 Å². The monoisotopic (exact) mass is 222 g/mol. The van der Waals surface area contributed by atoms with Crippen molar-refractivity contribution >= 4 is 0 Å². The summed E-state index contributed by atoms with van der Waals surface area (Å²) in [5.41, 5.74) is 0.708. The van der Waals surface area contributed by atoms with Crippen LogP contribution in [0.3, 0.4) is 0 Å². The third-order valence-electron chi connectivity index (χ3n) is 5.41. The molecular weight excluding hydrogens is 192 g/mol. The second-order valence-electron chi connectivity index (χ2n) is 6.80. The van der Waals surface area contributed by atoms with Gasteiger partial charge in [0.05, 0.1) is 0 Å².